The average Bonchev–Trinajstić information content (AvgIpc) is 3.07. The first-order valence-corrected chi connectivity index (χ1v) is 7.83. The van der Waals surface area contributed by atoms with Gasteiger partial charge in [-0.1, -0.05) is 33.2 Å². The number of ether oxygens (including phenoxy) is 1. The molecule has 0 aliphatic rings. The maximum atomic E-state index is 10.8. The first kappa shape index (κ1) is 16.1. The van der Waals surface area contributed by atoms with E-state index in [4.69, 9.17) is 9.26 Å². The molecular weight excluding hydrogens is 378 g/mol. The van der Waals surface area contributed by atoms with Crippen LogP contribution in [0.5, 0.6) is 5.75 Å². The predicted molar refractivity (Wildman–Crippen MR) is 89.6 cm³/mol. The molecule has 0 saturated heterocycles. The van der Waals surface area contributed by atoms with Gasteiger partial charge in [-0.15, -0.1) is 0 Å². The van der Waals surface area contributed by atoms with Gasteiger partial charge < -0.3 is 9.26 Å². The Morgan fingerprint density at radius 2 is 2.00 bits per heavy atom. The Morgan fingerprint density at radius 1 is 1.25 bits per heavy atom. The molecule has 24 heavy (non-hydrogen) atoms. The van der Waals surface area contributed by atoms with E-state index in [1.54, 1.807) is 19.1 Å². The molecule has 1 aromatic heterocycles. The van der Waals surface area contributed by atoms with E-state index in [1.165, 1.54) is 12.1 Å². The van der Waals surface area contributed by atoms with Crippen LogP contribution in [0.2, 0.25) is 0 Å². The van der Waals surface area contributed by atoms with Crippen molar-refractivity contribution in [2.75, 3.05) is 0 Å². The van der Waals surface area contributed by atoms with Crippen molar-refractivity contribution in [1.29, 1.82) is 0 Å². The first-order valence-electron chi connectivity index (χ1n) is 7.03. The third-order valence-electron chi connectivity index (χ3n) is 3.23. The van der Waals surface area contributed by atoms with E-state index in [1.807, 2.05) is 24.3 Å². The van der Waals surface area contributed by atoms with Crippen molar-refractivity contribution in [3.63, 3.8) is 0 Å². The average molecular weight is 390 g/mol. The van der Waals surface area contributed by atoms with Crippen LogP contribution in [-0.4, -0.2) is 15.1 Å². The summed E-state index contributed by atoms with van der Waals surface area (Å²) < 4.78 is 11.9. The van der Waals surface area contributed by atoms with Gasteiger partial charge in [0, 0.05) is 22.2 Å². The van der Waals surface area contributed by atoms with Crippen LogP contribution in [0.3, 0.4) is 0 Å². The van der Waals surface area contributed by atoms with Gasteiger partial charge in [-0.2, -0.15) is 4.98 Å². The Kier molecular flexibility index (Phi) is 4.57. The van der Waals surface area contributed by atoms with Gasteiger partial charge in [0.15, 0.2) is 6.10 Å². The fraction of sp³-hybridized carbons (Fsp3) is 0.125. The first-order chi connectivity index (χ1) is 11.5. The minimum Gasteiger partial charge on any atom is -0.481 e. The van der Waals surface area contributed by atoms with E-state index in [0.717, 1.165) is 4.47 Å². The Labute approximate surface area is 145 Å². The zero-order valence-electron chi connectivity index (χ0n) is 12.5. The molecule has 3 aromatic rings. The molecule has 0 radical (unpaired) electrons. The summed E-state index contributed by atoms with van der Waals surface area (Å²) in [6, 6.07) is 13.4. The van der Waals surface area contributed by atoms with Gasteiger partial charge in [0.2, 0.25) is 5.82 Å². The summed E-state index contributed by atoms with van der Waals surface area (Å²) >= 11 is 3.36. The number of rotatable bonds is 5. The normalized spacial score (nSPS) is 11.9. The van der Waals surface area contributed by atoms with E-state index < -0.39 is 11.0 Å². The number of hydrogen-bond donors (Lipinski definition) is 0. The minimum atomic E-state index is -0.468. The highest BCUT2D eigenvalue weighted by Crippen LogP contribution is 2.25. The number of halogens is 1. The molecule has 0 spiro atoms. The van der Waals surface area contributed by atoms with E-state index in [9.17, 15) is 10.1 Å². The summed E-state index contributed by atoms with van der Waals surface area (Å²) in [6.07, 6.45) is -0.453. The van der Waals surface area contributed by atoms with Crippen LogP contribution in [0.4, 0.5) is 5.69 Å². The molecule has 0 saturated carbocycles. The maximum Gasteiger partial charge on any atom is 0.270 e. The molecule has 1 atom stereocenters. The Balaban J connectivity index is 1.78. The van der Waals surface area contributed by atoms with Gasteiger partial charge in [-0.25, -0.2) is 0 Å². The fourth-order valence-electron chi connectivity index (χ4n) is 2.04. The maximum absolute atomic E-state index is 10.8. The summed E-state index contributed by atoms with van der Waals surface area (Å²) in [5.41, 5.74) is 0.480. The van der Waals surface area contributed by atoms with Crippen molar-refractivity contribution < 1.29 is 14.2 Å². The smallest absolute Gasteiger partial charge is 0.270 e. The summed E-state index contributed by atoms with van der Waals surface area (Å²) in [6.45, 7) is 1.78. The van der Waals surface area contributed by atoms with Crippen LogP contribution in [0, 0.1) is 10.1 Å². The number of nitro benzene ring substituents is 1. The molecule has 0 aliphatic carbocycles. The Hall–Kier alpha value is -2.74. The molecule has 0 amide bonds. The van der Waals surface area contributed by atoms with Gasteiger partial charge in [0.1, 0.15) is 5.75 Å². The van der Waals surface area contributed by atoms with Crippen molar-refractivity contribution in [3.8, 4) is 17.1 Å². The van der Waals surface area contributed by atoms with Crippen LogP contribution < -0.4 is 4.74 Å². The number of nitro groups is 1. The predicted octanol–water partition coefficient (Wildman–Crippen LogP) is 4.55. The lowest BCUT2D eigenvalue weighted by atomic mass is 10.2. The van der Waals surface area contributed by atoms with Crippen molar-refractivity contribution in [1.82, 2.24) is 10.1 Å². The number of non-ortho nitro benzene ring substituents is 1. The minimum absolute atomic E-state index is 0.0296. The molecule has 0 N–H and O–H groups in total. The van der Waals surface area contributed by atoms with E-state index >= 15 is 0 Å². The van der Waals surface area contributed by atoms with E-state index in [-0.39, 0.29) is 11.5 Å². The second-order valence-corrected chi connectivity index (χ2v) is 5.89. The van der Waals surface area contributed by atoms with Gasteiger partial charge in [-0.05, 0) is 31.2 Å². The summed E-state index contributed by atoms with van der Waals surface area (Å²) in [5, 5.41) is 14.7. The second kappa shape index (κ2) is 6.79. The second-order valence-electron chi connectivity index (χ2n) is 4.98. The molecule has 3 rings (SSSR count). The lowest BCUT2D eigenvalue weighted by molar-refractivity contribution is -0.384. The SMILES string of the molecule is C[C@H](Oc1ccc(Br)cc1)c1nc(-c2cccc([N+](=O)[O-])c2)no1. The molecule has 8 heteroatoms. The topological polar surface area (TPSA) is 91.3 Å². The van der Waals surface area contributed by atoms with Gasteiger partial charge in [0.05, 0.1) is 4.92 Å². The molecule has 1 heterocycles. The molecule has 7 nitrogen and oxygen atoms in total. The Morgan fingerprint density at radius 3 is 2.71 bits per heavy atom. The van der Waals surface area contributed by atoms with Crippen LogP contribution in [0.15, 0.2) is 57.5 Å². The zero-order chi connectivity index (χ0) is 17.1. The molecule has 0 unspecified atom stereocenters. The number of nitrogens with zero attached hydrogens (tertiary/aromatic N) is 3. The van der Waals surface area contributed by atoms with Crippen molar-refractivity contribution in [2.45, 2.75) is 13.0 Å². The molecular formula is C16H12BrN3O4. The molecule has 0 aliphatic heterocycles. The van der Waals surface area contributed by atoms with E-state index in [0.29, 0.717) is 17.2 Å². The molecule has 0 bridgehead atoms. The number of benzene rings is 2. The van der Waals surface area contributed by atoms with Crippen molar-refractivity contribution >= 4 is 21.6 Å². The van der Waals surface area contributed by atoms with E-state index in [2.05, 4.69) is 26.1 Å². The lowest BCUT2D eigenvalue weighted by Gasteiger charge is -2.10. The summed E-state index contributed by atoms with van der Waals surface area (Å²) in [4.78, 5) is 14.6. The Bertz CT molecular complexity index is 864. The molecule has 2 aromatic carbocycles. The van der Waals surface area contributed by atoms with Crippen LogP contribution >= 0.6 is 15.9 Å². The van der Waals surface area contributed by atoms with Crippen LogP contribution in [0.25, 0.3) is 11.4 Å². The van der Waals surface area contributed by atoms with Crippen LogP contribution in [0.1, 0.15) is 18.9 Å². The van der Waals surface area contributed by atoms with Gasteiger partial charge in [0.25, 0.3) is 11.6 Å². The van der Waals surface area contributed by atoms with Gasteiger partial charge >= 0.3 is 0 Å². The molecule has 122 valence electrons. The van der Waals surface area contributed by atoms with Gasteiger partial charge in [-0.3, -0.25) is 10.1 Å². The lowest BCUT2D eigenvalue weighted by Crippen LogP contribution is -2.03. The van der Waals surface area contributed by atoms with Crippen LogP contribution in [-0.2, 0) is 0 Å². The number of hydrogen-bond acceptors (Lipinski definition) is 6. The third kappa shape index (κ3) is 3.60. The largest absolute Gasteiger partial charge is 0.481 e. The molecule has 0 fully saturated rings. The highest BCUT2D eigenvalue weighted by molar-refractivity contribution is 9.10. The van der Waals surface area contributed by atoms with Crippen molar-refractivity contribution in [2.24, 2.45) is 0 Å². The highest BCUT2D eigenvalue weighted by Gasteiger charge is 2.18. The fourth-order valence-corrected chi connectivity index (χ4v) is 2.31. The number of aromatic nitrogens is 2. The third-order valence-corrected chi connectivity index (χ3v) is 3.76. The highest BCUT2D eigenvalue weighted by atomic mass is 79.9. The summed E-state index contributed by atoms with van der Waals surface area (Å²) in [5.74, 6) is 1.24. The van der Waals surface area contributed by atoms with Crippen molar-refractivity contribution in [3.05, 3.63) is 69.0 Å². The monoisotopic (exact) mass is 389 g/mol. The standard InChI is InChI=1S/C16H12BrN3O4/c1-10(23-14-7-5-12(17)6-8-14)16-18-15(19-24-16)11-3-2-4-13(9-11)20(21)22/h2-10H,1H3/t10-/m0/s1. The summed E-state index contributed by atoms with van der Waals surface area (Å²) in [7, 11) is 0. The quantitative estimate of drug-likeness (QED) is 0.469. The zero-order valence-corrected chi connectivity index (χ0v) is 14.1.